The summed E-state index contributed by atoms with van der Waals surface area (Å²) in [5.74, 6) is -0.267. The standard InChI is InChI=1S/C17H21FN2O/c1-13-3-4-15(11-16(13)18)17(21)7-10-20(2)12-14-5-8-19-9-6-14/h3-6,8-9,11,17,21H,7,10,12H2,1-2H3. The van der Waals surface area contributed by atoms with Gasteiger partial charge < -0.3 is 10.0 Å². The van der Waals surface area contributed by atoms with E-state index in [4.69, 9.17) is 0 Å². The lowest BCUT2D eigenvalue weighted by molar-refractivity contribution is 0.147. The molecule has 1 aromatic carbocycles. The molecule has 1 N–H and O–H groups in total. The predicted octanol–water partition coefficient (Wildman–Crippen LogP) is 3.08. The number of hydrogen-bond acceptors (Lipinski definition) is 3. The number of benzene rings is 1. The van der Waals surface area contributed by atoms with E-state index >= 15 is 0 Å². The van der Waals surface area contributed by atoms with Gasteiger partial charge in [0.05, 0.1) is 6.10 Å². The highest BCUT2D eigenvalue weighted by atomic mass is 19.1. The molecule has 4 heteroatoms. The number of aryl methyl sites for hydroxylation is 1. The Morgan fingerprint density at radius 2 is 1.95 bits per heavy atom. The third-order valence-corrected chi connectivity index (χ3v) is 3.57. The van der Waals surface area contributed by atoms with E-state index in [0.29, 0.717) is 17.5 Å². The summed E-state index contributed by atoms with van der Waals surface area (Å²) in [7, 11) is 2.00. The van der Waals surface area contributed by atoms with Crippen molar-refractivity contribution in [3.63, 3.8) is 0 Å². The molecule has 0 fully saturated rings. The molecular formula is C17H21FN2O. The van der Waals surface area contributed by atoms with Crippen LogP contribution in [0.2, 0.25) is 0 Å². The number of halogens is 1. The maximum Gasteiger partial charge on any atom is 0.126 e. The van der Waals surface area contributed by atoms with Crippen molar-refractivity contribution in [3.05, 3.63) is 65.2 Å². The molecule has 0 saturated carbocycles. The molecule has 1 heterocycles. The lowest BCUT2D eigenvalue weighted by Crippen LogP contribution is -2.21. The Labute approximate surface area is 125 Å². The molecule has 0 aliphatic heterocycles. The summed E-state index contributed by atoms with van der Waals surface area (Å²) < 4.78 is 13.5. The first-order chi connectivity index (χ1) is 10.1. The molecule has 0 amide bonds. The molecule has 0 spiro atoms. The van der Waals surface area contributed by atoms with E-state index in [2.05, 4.69) is 9.88 Å². The van der Waals surface area contributed by atoms with Crippen LogP contribution in [-0.2, 0) is 6.54 Å². The molecule has 3 nitrogen and oxygen atoms in total. The van der Waals surface area contributed by atoms with Gasteiger partial charge in [0.2, 0.25) is 0 Å². The van der Waals surface area contributed by atoms with Gasteiger partial charge in [-0.2, -0.15) is 0 Å². The third-order valence-electron chi connectivity index (χ3n) is 3.57. The van der Waals surface area contributed by atoms with E-state index in [1.807, 2.05) is 19.2 Å². The molecule has 1 aromatic heterocycles. The van der Waals surface area contributed by atoms with Crippen LogP contribution in [0, 0.1) is 12.7 Å². The lowest BCUT2D eigenvalue weighted by Gasteiger charge is -2.19. The zero-order chi connectivity index (χ0) is 15.2. The van der Waals surface area contributed by atoms with E-state index in [0.717, 1.165) is 13.1 Å². The van der Waals surface area contributed by atoms with Gasteiger partial charge in [-0.3, -0.25) is 4.98 Å². The monoisotopic (exact) mass is 288 g/mol. The first-order valence-corrected chi connectivity index (χ1v) is 7.08. The predicted molar refractivity (Wildman–Crippen MR) is 81.3 cm³/mol. The maximum absolute atomic E-state index is 13.5. The van der Waals surface area contributed by atoms with Crippen molar-refractivity contribution in [3.8, 4) is 0 Å². The van der Waals surface area contributed by atoms with Crippen LogP contribution in [0.4, 0.5) is 4.39 Å². The fourth-order valence-corrected chi connectivity index (χ4v) is 2.20. The minimum atomic E-state index is -0.639. The molecule has 2 rings (SSSR count). The smallest absolute Gasteiger partial charge is 0.126 e. The second-order valence-corrected chi connectivity index (χ2v) is 5.41. The molecule has 0 radical (unpaired) electrons. The lowest BCUT2D eigenvalue weighted by atomic mass is 10.0. The molecule has 0 aliphatic rings. The van der Waals surface area contributed by atoms with Crippen molar-refractivity contribution in [1.29, 1.82) is 0 Å². The largest absolute Gasteiger partial charge is 0.388 e. The molecule has 21 heavy (non-hydrogen) atoms. The SMILES string of the molecule is Cc1ccc(C(O)CCN(C)Cc2ccncc2)cc1F. The summed E-state index contributed by atoms with van der Waals surface area (Å²) in [6.45, 7) is 3.25. The van der Waals surface area contributed by atoms with Crippen LogP contribution < -0.4 is 0 Å². The average Bonchev–Trinajstić information content (AvgIpc) is 2.48. The van der Waals surface area contributed by atoms with Crippen LogP contribution in [0.3, 0.4) is 0 Å². The number of aliphatic hydroxyl groups excluding tert-OH is 1. The van der Waals surface area contributed by atoms with Gasteiger partial charge in [0, 0.05) is 25.5 Å². The number of nitrogens with zero attached hydrogens (tertiary/aromatic N) is 2. The van der Waals surface area contributed by atoms with Crippen molar-refractivity contribution in [2.24, 2.45) is 0 Å². The van der Waals surface area contributed by atoms with Crippen molar-refractivity contribution in [2.75, 3.05) is 13.6 Å². The Balaban J connectivity index is 1.85. The summed E-state index contributed by atoms with van der Waals surface area (Å²) in [5.41, 5.74) is 2.42. The van der Waals surface area contributed by atoms with Gasteiger partial charge in [0.15, 0.2) is 0 Å². The minimum absolute atomic E-state index is 0.267. The van der Waals surface area contributed by atoms with Crippen LogP contribution in [0.25, 0.3) is 0 Å². The van der Waals surface area contributed by atoms with E-state index in [1.54, 1.807) is 31.5 Å². The van der Waals surface area contributed by atoms with Crippen LogP contribution in [0.5, 0.6) is 0 Å². The van der Waals surface area contributed by atoms with Gasteiger partial charge in [-0.05, 0) is 55.3 Å². The number of rotatable bonds is 6. The van der Waals surface area contributed by atoms with Crippen LogP contribution >= 0.6 is 0 Å². The van der Waals surface area contributed by atoms with Crippen LogP contribution in [-0.4, -0.2) is 28.6 Å². The molecule has 2 aromatic rings. The summed E-state index contributed by atoms with van der Waals surface area (Å²) in [6.07, 6.45) is 3.48. The first-order valence-electron chi connectivity index (χ1n) is 7.08. The van der Waals surface area contributed by atoms with E-state index in [1.165, 1.54) is 11.6 Å². The third kappa shape index (κ3) is 4.62. The Kier molecular flexibility index (Phi) is 5.42. The van der Waals surface area contributed by atoms with Crippen molar-refractivity contribution in [2.45, 2.75) is 26.0 Å². The highest BCUT2D eigenvalue weighted by Crippen LogP contribution is 2.19. The number of pyridine rings is 1. The number of hydrogen-bond donors (Lipinski definition) is 1. The van der Waals surface area contributed by atoms with Gasteiger partial charge in [-0.15, -0.1) is 0 Å². The van der Waals surface area contributed by atoms with Gasteiger partial charge in [0.25, 0.3) is 0 Å². The highest BCUT2D eigenvalue weighted by Gasteiger charge is 2.11. The summed E-state index contributed by atoms with van der Waals surface area (Å²) in [6, 6.07) is 8.86. The molecule has 1 atom stereocenters. The van der Waals surface area contributed by atoms with E-state index in [-0.39, 0.29) is 5.82 Å². The quantitative estimate of drug-likeness (QED) is 0.887. The van der Waals surface area contributed by atoms with Crippen molar-refractivity contribution >= 4 is 0 Å². The van der Waals surface area contributed by atoms with Crippen LogP contribution in [0.1, 0.15) is 29.2 Å². The zero-order valence-corrected chi connectivity index (χ0v) is 12.5. The molecule has 112 valence electrons. The van der Waals surface area contributed by atoms with Gasteiger partial charge in [0.1, 0.15) is 5.82 Å². The Morgan fingerprint density at radius 1 is 1.24 bits per heavy atom. The fourth-order valence-electron chi connectivity index (χ4n) is 2.20. The summed E-state index contributed by atoms with van der Waals surface area (Å²) in [5, 5.41) is 10.1. The number of aromatic nitrogens is 1. The number of aliphatic hydroxyl groups is 1. The summed E-state index contributed by atoms with van der Waals surface area (Å²) in [4.78, 5) is 6.12. The van der Waals surface area contributed by atoms with Crippen molar-refractivity contribution in [1.82, 2.24) is 9.88 Å². The fraction of sp³-hybridized carbons (Fsp3) is 0.353. The summed E-state index contributed by atoms with van der Waals surface area (Å²) >= 11 is 0. The minimum Gasteiger partial charge on any atom is -0.388 e. The Morgan fingerprint density at radius 3 is 2.62 bits per heavy atom. The van der Waals surface area contributed by atoms with Gasteiger partial charge in [-0.25, -0.2) is 4.39 Å². The molecule has 1 unspecified atom stereocenters. The molecule has 0 aliphatic carbocycles. The molecule has 0 saturated heterocycles. The van der Waals surface area contributed by atoms with Crippen molar-refractivity contribution < 1.29 is 9.50 Å². The van der Waals surface area contributed by atoms with E-state index < -0.39 is 6.10 Å². The topological polar surface area (TPSA) is 36.4 Å². The van der Waals surface area contributed by atoms with E-state index in [9.17, 15) is 9.50 Å². The average molecular weight is 288 g/mol. The molecular weight excluding hydrogens is 267 g/mol. The van der Waals surface area contributed by atoms with Crippen LogP contribution in [0.15, 0.2) is 42.7 Å². The van der Waals surface area contributed by atoms with Gasteiger partial charge >= 0.3 is 0 Å². The molecule has 0 bridgehead atoms. The zero-order valence-electron chi connectivity index (χ0n) is 12.5. The first kappa shape index (κ1) is 15.6. The highest BCUT2D eigenvalue weighted by molar-refractivity contribution is 5.24. The van der Waals surface area contributed by atoms with Gasteiger partial charge in [-0.1, -0.05) is 12.1 Å². The normalized spacial score (nSPS) is 12.6. The second kappa shape index (κ2) is 7.29. The Hall–Kier alpha value is -1.78. The Bertz CT molecular complexity index is 574. The maximum atomic E-state index is 13.5. The second-order valence-electron chi connectivity index (χ2n) is 5.41.